The number of pyridine rings is 1. The minimum absolute atomic E-state index is 0.0619. The number of methoxy groups -OCH3 is 1. The van der Waals surface area contributed by atoms with Gasteiger partial charge < -0.3 is 19.2 Å². The molecule has 3 heterocycles. The zero-order valence-corrected chi connectivity index (χ0v) is 20.7. The Kier molecular flexibility index (Phi) is 6.48. The zero-order chi connectivity index (χ0) is 25.3. The lowest BCUT2D eigenvalue weighted by molar-refractivity contribution is 0.0730. The van der Waals surface area contributed by atoms with Crippen LogP contribution in [0.4, 0.5) is 5.69 Å². The Hall–Kier alpha value is -3.73. The molecule has 0 atom stereocenters. The van der Waals surface area contributed by atoms with Crippen molar-refractivity contribution < 1.29 is 27.1 Å². The summed E-state index contributed by atoms with van der Waals surface area (Å²) >= 11 is 0. The minimum atomic E-state index is -3.76. The van der Waals surface area contributed by atoms with Crippen molar-refractivity contribution in [2.45, 2.75) is 11.8 Å². The van der Waals surface area contributed by atoms with Crippen molar-refractivity contribution in [3.63, 3.8) is 0 Å². The second-order valence-electron chi connectivity index (χ2n) is 8.32. The molecule has 0 saturated carbocycles. The van der Waals surface area contributed by atoms with Gasteiger partial charge in [-0.25, -0.2) is 13.4 Å². The smallest absolute Gasteiger partial charge is 0.256 e. The molecule has 1 amide bonds. The van der Waals surface area contributed by atoms with E-state index in [0.29, 0.717) is 46.9 Å². The molecule has 5 rings (SSSR count). The molecular weight excluding hydrogens is 482 g/mol. The highest BCUT2D eigenvalue weighted by Crippen LogP contribution is 2.31. The Balaban J connectivity index is 1.53. The third-order valence-corrected chi connectivity index (χ3v) is 7.88. The van der Waals surface area contributed by atoms with Gasteiger partial charge in [-0.3, -0.25) is 4.79 Å². The van der Waals surface area contributed by atoms with Crippen LogP contribution in [-0.4, -0.2) is 57.0 Å². The van der Waals surface area contributed by atoms with Gasteiger partial charge in [-0.2, -0.15) is 4.31 Å². The summed E-state index contributed by atoms with van der Waals surface area (Å²) in [5, 5.41) is 3.49. The van der Waals surface area contributed by atoms with Crippen LogP contribution in [0.3, 0.4) is 0 Å². The number of carbonyl (C=O) groups is 1. The van der Waals surface area contributed by atoms with E-state index in [1.54, 1.807) is 12.1 Å². The minimum Gasteiger partial charge on any atom is -0.495 e. The van der Waals surface area contributed by atoms with E-state index in [2.05, 4.69) is 10.3 Å². The highest BCUT2D eigenvalue weighted by atomic mass is 32.2. The molecule has 186 valence electrons. The van der Waals surface area contributed by atoms with E-state index in [0.717, 1.165) is 5.76 Å². The molecule has 10 heteroatoms. The van der Waals surface area contributed by atoms with Gasteiger partial charge >= 0.3 is 0 Å². The number of sulfonamides is 1. The maximum absolute atomic E-state index is 13.5. The summed E-state index contributed by atoms with van der Waals surface area (Å²) in [6, 6.07) is 17.0. The number of anilines is 1. The molecule has 1 N–H and O–H groups in total. The lowest BCUT2D eigenvalue weighted by Gasteiger charge is -2.26. The molecule has 1 saturated heterocycles. The highest BCUT2D eigenvalue weighted by Gasteiger charge is 2.27. The predicted molar refractivity (Wildman–Crippen MR) is 135 cm³/mol. The average Bonchev–Trinajstić information content (AvgIpc) is 3.34. The summed E-state index contributed by atoms with van der Waals surface area (Å²) in [5.74, 6) is 1.18. The fourth-order valence-electron chi connectivity index (χ4n) is 4.13. The van der Waals surface area contributed by atoms with E-state index in [4.69, 9.17) is 13.9 Å². The van der Waals surface area contributed by atoms with Crippen LogP contribution in [0.25, 0.3) is 22.4 Å². The third-order valence-electron chi connectivity index (χ3n) is 5.98. The summed E-state index contributed by atoms with van der Waals surface area (Å²) in [4.78, 5) is 18.3. The molecule has 0 aliphatic carbocycles. The van der Waals surface area contributed by atoms with E-state index in [9.17, 15) is 13.2 Å². The number of rotatable bonds is 6. The topological polar surface area (TPSA) is 111 Å². The largest absolute Gasteiger partial charge is 0.495 e. The number of amides is 1. The lowest BCUT2D eigenvalue weighted by Crippen LogP contribution is -2.40. The summed E-state index contributed by atoms with van der Waals surface area (Å²) in [6.45, 7) is 3.06. The van der Waals surface area contributed by atoms with Crippen molar-refractivity contribution >= 4 is 32.5 Å². The summed E-state index contributed by atoms with van der Waals surface area (Å²) in [7, 11) is -2.30. The number of fused-ring (bicyclic) bond motifs is 1. The molecule has 0 spiro atoms. The maximum Gasteiger partial charge on any atom is 0.256 e. The molecule has 0 unspecified atom stereocenters. The first-order valence-corrected chi connectivity index (χ1v) is 12.8. The van der Waals surface area contributed by atoms with Gasteiger partial charge in [0.1, 0.15) is 17.2 Å². The molecule has 9 nitrogen and oxygen atoms in total. The molecular formula is C26H25N3O6S. The van der Waals surface area contributed by atoms with Crippen molar-refractivity contribution in [2.75, 3.05) is 38.7 Å². The van der Waals surface area contributed by atoms with E-state index in [1.165, 1.54) is 29.6 Å². The third kappa shape index (κ3) is 4.58. The van der Waals surface area contributed by atoms with Crippen LogP contribution in [0, 0.1) is 6.92 Å². The van der Waals surface area contributed by atoms with Crippen molar-refractivity contribution in [2.24, 2.45) is 0 Å². The van der Waals surface area contributed by atoms with Crippen molar-refractivity contribution in [3.05, 3.63) is 72.0 Å². The normalized spacial score (nSPS) is 14.6. The van der Waals surface area contributed by atoms with Gasteiger partial charge in [-0.15, -0.1) is 0 Å². The van der Waals surface area contributed by atoms with Gasteiger partial charge in [0.2, 0.25) is 10.0 Å². The second-order valence-corrected chi connectivity index (χ2v) is 10.3. The number of morpholine rings is 1. The van der Waals surface area contributed by atoms with E-state index in [-0.39, 0.29) is 23.7 Å². The van der Waals surface area contributed by atoms with E-state index >= 15 is 0 Å². The molecule has 2 aromatic carbocycles. The number of carbonyl (C=O) groups excluding carboxylic acids is 1. The molecule has 36 heavy (non-hydrogen) atoms. The Bertz CT molecular complexity index is 1540. The Labute approximate surface area is 208 Å². The number of nitrogens with zero attached hydrogens (tertiary/aromatic N) is 2. The molecule has 1 aliphatic heterocycles. The quantitative estimate of drug-likeness (QED) is 0.419. The fraction of sp³-hybridized carbons (Fsp3) is 0.231. The van der Waals surface area contributed by atoms with Crippen LogP contribution in [-0.2, 0) is 14.8 Å². The van der Waals surface area contributed by atoms with E-state index in [1.807, 2.05) is 37.3 Å². The second kappa shape index (κ2) is 9.73. The number of aromatic nitrogens is 1. The lowest BCUT2D eigenvalue weighted by atomic mass is 10.1. The van der Waals surface area contributed by atoms with Gasteiger partial charge in [0.05, 0.1) is 42.0 Å². The summed E-state index contributed by atoms with van der Waals surface area (Å²) in [6.07, 6.45) is 0. The molecule has 0 radical (unpaired) electrons. The average molecular weight is 508 g/mol. The van der Waals surface area contributed by atoms with Gasteiger partial charge in [-0.1, -0.05) is 18.2 Å². The number of ether oxygens (including phenoxy) is 2. The van der Waals surface area contributed by atoms with Crippen LogP contribution in [0.5, 0.6) is 5.75 Å². The molecule has 0 bridgehead atoms. The van der Waals surface area contributed by atoms with Crippen molar-refractivity contribution in [1.29, 1.82) is 0 Å². The van der Waals surface area contributed by atoms with E-state index < -0.39 is 15.9 Å². The van der Waals surface area contributed by atoms with Crippen LogP contribution in [0.1, 0.15) is 16.1 Å². The molecule has 4 aromatic rings. The number of furan rings is 1. The first kappa shape index (κ1) is 24.0. The number of hydrogen-bond acceptors (Lipinski definition) is 7. The summed E-state index contributed by atoms with van der Waals surface area (Å²) in [5.41, 5.74) is 1.76. The summed E-state index contributed by atoms with van der Waals surface area (Å²) < 4.78 is 44.1. The van der Waals surface area contributed by atoms with Crippen LogP contribution in [0.15, 0.2) is 70.0 Å². The predicted octanol–water partition coefficient (Wildman–Crippen LogP) is 4.09. The maximum atomic E-state index is 13.5. The number of hydrogen-bond donors (Lipinski definition) is 1. The Morgan fingerprint density at radius 3 is 2.56 bits per heavy atom. The van der Waals surface area contributed by atoms with Crippen molar-refractivity contribution in [1.82, 2.24) is 9.29 Å². The standard InChI is InChI=1S/C26H25N3O6S/c1-17-7-9-25(35-17)23-16-20(19-5-3-4-6-21(19)27-23)26(30)28-22-15-18(8-10-24(22)33-2)36(31,32)29-11-13-34-14-12-29/h3-10,15-16H,11-14H2,1-2H3,(H,28,30). The first-order chi connectivity index (χ1) is 17.4. The van der Waals surface area contributed by atoms with Crippen molar-refractivity contribution in [3.8, 4) is 17.2 Å². The Morgan fingerprint density at radius 2 is 1.83 bits per heavy atom. The van der Waals surface area contributed by atoms with Crippen LogP contribution >= 0.6 is 0 Å². The number of benzene rings is 2. The highest BCUT2D eigenvalue weighted by molar-refractivity contribution is 7.89. The van der Waals surface area contributed by atoms with Gasteiger partial charge in [0.25, 0.3) is 5.91 Å². The van der Waals surface area contributed by atoms with Crippen LogP contribution < -0.4 is 10.1 Å². The SMILES string of the molecule is COc1ccc(S(=O)(=O)N2CCOCC2)cc1NC(=O)c1cc(-c2ccc(C)o2)nc2ccccc12. The first-order valence-electron chi connectivity index (χ1n) is 11.4. The number of aryl methyl sites for hydroxylation is 1. The van der Waals surface area contributed by atoms with Gasteiger partial charge in [0, 0.05) is 18.5 Å². The molecule has 2 aromatic heterocycles. The Morgan fingerprint density at radius 1 is 1.06 bits per heavy atom. The number of para-hydroxylation sites is 1. The zero-order valence-electron chi connectivity index (χ0n) is 19.9. The van der Waals surface area contributed by atoms with Gasteiger partial charge in [0.15, 0.2) is 5.76 Å². The van der Waals surface area contributed by atoms with Gasteiger partial charge in [-0.05, 0) is 49.4 Å². The monoisotopic (exact) mass is 507 g/mol. The number of nitrogens with one attached hydrogen (secondary N) is 1. The van der Waals surface area contributed by atoms with Crippen LogP contribution in [0.2, 0.25) is 0 Å². The molecule has 1 fully saturated rings. The fourth-order valence-corrected chi connectivity index (χ4v) is 5.57. The molecule has 1 aliphatic rings.